The van der Waals surface area contributed by atoms with Crippen LogP contribution in [0.1, 0.15) is 50.5 Å². The highest BCUT2D eigenvalue weighted by molar-refractivity contribution is 7.54. The number of unbranched alkanes of at least 4 members (excludes halogenated alkanes) is 1. The first-order valence-electron chi connectivity index (χ1n) is 13.6. The van der Waals surface area contributed by atoms with Crippen LogP contribution in [0.4, 0.5) is 0 Å². The van der Waals surface area contributed by atoms with Crippen LogP contribution in [0.25, 0.3) is 11.4 Å². The zero-order chi connectivity index (χ0) is 30.3. The van der Waals surface area contributed by atoms with E-state index in [1.165, 1.54) is 6.07 Å². The Bertz CT molecular complexity index is 1170. The Balaban J connectivity index is 0.000000745. The Morgan fingerprint density at radius 2 is 1.73 bits per heavy atom. The molecule has 0 bridgehead atoms. The van der Waals surface area contributed by atoms with Gasteiger partial charge < -0.3 is 29.7 Å². The van der Waals surface area contributed by atoms with Crippen molar-refractivity contribution in [3.05, 3.63) is 47.2 Å². The zero-order valence-corrected chi connectivity index (χ0v) is 25.3. The number of carboxylic acids is 1. The fourth-order valence-corrected chi connectivity index (χ4v) is 5.81. The van der Waals surface area contributed by atoms with Crippen molar-refractivity contribution < 1.29 is 33.1 Å². The summed E-state index contributed by atoms with van der Waals surface area (Å²) < 4.78 is 23.9. The summed E-state index contributed by atoms with van der Waals surface area (Å²) in [7, 11) is -3.63. The van der Waals surface area contributed by atoms with Crippen molar-refractivity contribution in [1.29, 1.82) is 0 Å². The lowest BCUT2D eigenvalue weighted by Gasteiger charge is -2.32. The van der Waals surface area contributed by atoms with Crippen LogP contribution in [0.15, 0.2) is 36.4 Å². The highest BCUT2D eigenvalue weighted by Gasteiger charge is 2.36. The summed E-state index contributed by atoms with van der Waals surface area (Å²) >= 11 is 6.16. The van der Waals surface area contributed by atoms with Gasteiger partial charge in [0, 0.05) is 44.2 Å². The molecule has 226 valence electrons. The molecule has 1 aliphatic heterocycles. The highest BCUT2D eigenvalue weighted by Crippen LogP contribution is 2.48. The van der Waals surface area contributed by atoms with Gasteiger partial charge in [-0.25, -0.2) is 9.97 Å². The molecule has 1 aromatic carbocycles. The SMILES string of the molecule is CCCCC(=O)O.CCOP(=O)(CC(NC(=O)c1cc(Cl)nc(-c2ccccc2)n1)C(=O)N1CCNCC1)OCC. The summed E-state index contributed by atoms with van der Waals surface area (Å²) in [6.07, 6.45) is 1.78. The Morgan fingerprint density at radius 1 is 1.10 bits per heavy atom. The Morgan fingerprint density at radius 3 is 2.27 bits per heavy atom. The molecule has 2 amide bonds. The Hall–Kier alpha value is -2.89. The third kappa shape index (κ3) is 11.9. The maximum absolute atomic E-state index is 13.3. The molecule has 1 atom stereocenters. The van der Waals surface area contributed by atoms with E-state index in [1.54, 1.807) is 30.9 Å². The van der Waals surface area contributed by atoms with E-state index in [-0.39, 0.29) is 42.0 Å². The predicted octanol–water partition coefficient (Wildman–Crippen LogP) is 3.85. The minimum Gasteiger partial charge on any atom is -0.481 e. The smallest absolute Gasteiger partial charge is 0.333 e. The van der Waals surface area contributed by atoms with Crippen LogP contribution in [-0.4, -0.2) is 89.4 Å². The van der Waals surface area contributed by atoms with Crippen molar-refractivity contribution in [2.24, 2.45) is 0 Å². The van der Waals surface area contributed by atoms with E-state index in [0.717, 1.165) is 12.8 Å². The number of hydrogen-bond donors (Lipinski definition) is 3. The van der Waals surface area contributed by atoms with Crippen molar-refractivity contribution in [2.45, 2.75) is 46.1 Å². The molecule has 1 unspecified atom stereocenters. The van der Waals surface area contributed by atoms with Gasteiger partial charge in [-0.3, -0.25) is 18.9 Å². The largest absolute Gasteiger partial charge is 0.481 e. The third-order valence-corrected chi connectivity index (χ3v) is 8.10. The molecule has 1 saturated heterocycles. The summed E-state index contributed by atoms with van der Waals surface area (Å²) in [6, 6.07) is 9.27. The lowest BCUT2D eigenvalue weighted by Crippen LogP contribution is -2.55. The van der Waals surface area contributed by atoms with Crippen molar-refractivity contribution in [3.8, 4) is 11.4 Å². The number of carbonyl (C=O) groups is 3. The second-order valence-corrected chi connectivity index (χ2v) is 11.5. The number of aromatic nitrogens is 2. The van der Waals surface area contributed by atoms with Gasteiger partial charge in [0.2, 0.25) is 5.91 Å². The number of nitrogens with one attached hydrogen (secondary N) is 2. The first kappa shape index (κ1) is 34.3. The number of aliphatic carboxylic acids is 1. The molecule has 0 saturated carbocycles. The average Bonchev–Trinajstić information content (AvgIpc) is 2.96. The van der Waals surface area contributed by atoms with Gasteiger partial charge in [0.15, 0.2) is 5.82 Å². The number of amides is 2. The number of piperazine rings is 1. The van der Waals surface area contributed by atoms with Crippen LogP contribution in [0.5, 0.6) is 0 Å². The number of carbonyl (C=O) groups excluding carboxylic acids is 2. The van der Waals surface area contributed by atoms with Crippen LogP contribution in [0.3, 0.4) is 0 Å². The molecule has 12 nitrogen and oxygen atoms in total. The highest BCUT2D eigenvalue weighted by atomic mass is 35.5. The van der Waals surface area contributed by atoms with Crippen molar-refractivity contribution >= 4 is 37.0 Å². The Labute approximate surface area is 245 Å². The number of halogens is 1. The molecule has 1 aromatic heterocycles. The molecule has 0 spiro atoms. The fourth-order valence-electron chi connectivity index (χ4n) is 3.86. The molecule has 0 radical (unpaired) electrons. The minimum atomic E-state index is -3.63. The van der Waals surface area contributed by atoms with E-state index in [9.17, 15) is 18.9 Å². The third-order valence-electron chi connectivity index (χ3n) is 5.79. The lowest BCUT2D eigenvalue weighted by atomic mass is 10.2. The van der Waals surface area contributed by atoms with E-state index in [4.69, 9.17) is 25.8 Å². The first-order valence-corrected chi connectivity index (χ1v) is 15.7. The lowest BCUT2D eigenvalue weighted by molar-refractivity contribution is -0.137. The predicted molar refractivity (Wildman–Crippen MR) is 156 cm³/mol. The van der Waals surface area contributed by atoms with Crippen LogP contribution in [0.2, 0.25) is 5.15 Å². The van der Waals surface area contributed by atoms with Gasteiger partial charge in [-0.05, 0) is 20.3 Å². The first-order chi connectivity index (χ1) is 19.6. The van der Waals surface area contributed by atoms with Crippen molar-refractivity contribution in [3.63, 3.8) is 0 Å². The molecule has 0 aliphatic carbocycles. The number of carboxylic acid groups (broad SMARTS) is 1. The minimum absolute atomic E-state index is 0.0142. The monoisotopic (exact) mass is 611 g/mol. The summed E-state index contributed by atoms with van der Waals surface area (Å²) in [6.45, 7) is 7.82. The molecule has 3 rings (SSSR count). The maximum Gasteiger partial charge on any atom is 0.333 e. The van der Waals surface area contributed by atoms with Gasteiger partial charge in [0.05, 0.1) is 19.4 Å². The molecular formula is C27H39ClN5O7P. The normalized spacial score (nSPS) is 14.0. The second kappa shape index (κ2) is 17.8. The van der Waals surface area contributed by atoms with Crippen molar-refractivity contribution in [2.75, 3.05) is 45.6 Å². The van der Waals surface area contributed by atoms with E-state index in [0.29, 0.717) is 38.2 Å². The van der Waals surface area contributed by atoms with Crippen molar-refractivity contribution in [1.82, 2.24) is 25.5 Å². The van der Waals surface area contributed by atoms with Gasteiger partial charge in [-0.15, -0.1) is 0 Å². The van der Waals surface area contributed by atoms with Crippen LogP contribution in [0, 0.1) is 0 Å². The fraction of sp³-hybridized carbons (Fsp3) is 0.519. The van der Waals surface area contributed by atoms with Crippen LogP contribution in [-0.2, 0) is 23.2 Å². The van der Waals surface area contributed by atoms with E-state index >= 15 is 0 Å². The van der Waals surface area contributed by atoms with Gasteiger partial charge in [0.1, 0.15) is 16.9 Å². The summed E-state index contributed by atoms with van der Waals surface area (Å²) in [4.78, 5) is 46.4. The molecule has 1 aliphatic rings. The Kier molecular flexibility index (Phi) is 14.9. The molecule has 41 heavy (non-hydrogen) atoms. The molecule has 2 aromatic rings. The summed E-state index contributed by atoms with van der Waals surface area (Å²) in [5, 5.41) is 14.0. The topological polar surface area (TPSA) is 160 Å². The number of rotatable bonds is 13. The van der Waals surface area contributed by atoms with Crippen LogP contribution >= 0.6 is 19.2 Å². The molecular weight excluding hydrogens is 573 g/mol. The summed E-state index contributed by atoms with van der Waals surface area (Å²) in [5.74, 6) is -1.42. The molecule has 2 heterocycles. The van der Waals surface area contributed by atoms with Gasteiger partial charge >= 0.3 is 13.6 Å². The number of hydrogen-bond acceptors (Lipinski definition) is 9. The number of benzene rings is 1. The van der Waals surface area contributed by atoms with E-state index in [2.05, 4.69) is 20.6 Å². The quantitative estimate of drug-likeness (QED) is 0.224. The van der Waals surface area contributed by atoms with E-state index < -0.39 is 25.5 Å². The standard InChI is InChI=1S/C22H29ClN5O5P.C5H10O2/c1-3-32-34(31,33-4-2)15-18(22(30)28-12-10-24-11-13-28)26-21(29)17-14-19(23)27-20(25-17)16-8-6-5-7-9-16;1-2-3-4-5(6)7/h5-9,14,18,24H,3-4,10-13,15H2,1-2H3,(H,26,29);2-4H2,1H3,(H,6,7). The average molecular weight is 612 g/mol. The zero-order valence-electron chi connectivity index (χ0n) is 23.7. The van der Waals surface area contributed by atoms with E-state index in [1.807, 2.05) is 25.1 Å². The number of nitrogens with zero attached hydrogens (tertiary/aromatic N) is 3. The molecule has 1 fully saturated rings. The van der Waals surface area contributed by atoms with Gasteiger partial charge in [0.25, 0.3) is 5.91 Å². The van der Waals surface area contributed by atoms with Crippen LogP contribution < -0.4 is 10.6 Å². The second-order valence-electron chi connectivity index (χ2n) is 8.99. The summed E-state index contributed by atoms with van der Waals surface area (Å²) in [5.41, 5.74) is 0.671. The van der Waals surface area contributed by atoms with Gasteiger partial charge in [-0.2, -0.15) is 0 Å². The maximum atomic E-state index is 13.3. The molecule has 3 N–H and O–H groups in total. The molecule has 14 heteroatoms. The van der Waals surface area contributed by atoms with Gasteiger partial charge in [-0.1, -0.05) is 55.3 Å².